The van der Waals surface area contributed by atoms with E-state index in [-0.39, 0.29) is 17.0 Å². The molecule has 20 heavy (non-hydrogen) atoms. The first-order valence-electron chi connectivity index (χ1n) is 6.77. The molecule has 0 spiro atoms. The highest BCUT2D eigenvalue weighted by atomic mass is 79.9. The van der Waals surface area contributed by atoms with Gasteiger partial charge in [0.1, 0.15) is 17.9 Å². The third kappa shape index (κ3) is 1.87. The van der Waals surface area contributed by atoms with Crippen molar-refractivity contribution in [2.75, 3.05) is 13.6 Å². The van der Waals surface area contributed by atoms with Crippen LogP contribution in [-0.4, -0.2) is 13.6 Å². The zero-order chi connectivity index (χ0) is 13.6. The molecule has 0 bridgehead atoms. The van der Waals surface area contributed by atoms with E-state index >= 15 is 0 Å². The number of likely N-dealkylation sites (N-methyl/N-ethyl adjacent to an activating group) is 1. The second-order valence-corrected chi connectivity index (χ2v) is 5.55. The minimum atomic E-state index is 0. The third-order valence-corrected chi connectivity index (χ3v) is 4.59. The molecule has 0 saturated heterocycles. The number of allylic oxidation sites excluding steroid dienone is 2. The van der Waals surface area contributed by atoms with Crippen molar-refractivity contribution in [3.05, 3.63) is 60.3 Å². The zero-order valence-corrected chi connectivity index (χ0v) is 13.9. The Labute approximate surface area is 131 Å². The highest BCUT2D eigenvalue weighted by molar-refractivity contribution is 6.02. The lowest BCUT2D eigenvalue weighted by molar-refractivity contribution is -0.00000388. The van der Waals surface area contributed by atoms with Gasteiger partial charge in [-0.25, -0.2) is 0 Å². The summed E-state index contributed by atoms with van der Waals surface area (Å²) in [4.78, 5) is 0. The minimum Gasteiger partial charge on any atom is -1.00 e. The second-order valence-electron chi connectivity index (χ2n) is 5.55. The van der Waals surface area contributed by atoms with Crippen molar-refractivity contribution in [2.24, 2.45) is 0 Å². The Kier molecular flexibility index (Phi) is 3.90. The van der Waals surface area contributed by atoms with Crippen LogP contribution >= 0.6 is 0 Å². The quantitative estimate of drug-likeness (QED) is 0.581. The Morgan fingerprint density at radius 2 is 1.80 bits per heavy atom. The first-order valence-corrected chi connectivity index (χ1v) is 6.77. The topological polar surface area (TPSA) is 0 Å². The maximum atomic E-state index is 3.93. The normalized spacial score (nSPS) is 20.8. The molecule has 0 saturated carbocycles. The number of hydrogen-bond acceptors (Lipinski definition) is 0. The molecule has 2 aromatic rings. The summed E-state index contributed by atoms with van der Waals surface area (Å²) in [5.74, 6) is 0. The van der Waals surface area contributed by atoms with Crippen molar-refractivity contribution < 1.29 is 17.0 Å². The molecule has 0 radical (unpaired) electrons. The second kappa shape index (κ2) is 5.19. The van der Waals surface area contributed by atoms with Gasteiger partial charge < -0.3 is 17.0 Å². The van der Waals surface area contributed by atoms with Gasteiger partial charge in [-0.15, -0.1) is 0 Å². The predicted octanol–water partition coefficient (Wildman–Crippen LogP) is 1.73. The molecule has 0 aliphatic carbocycles. The monoisotopic (exact) mass is 329 g/mol. The highest BCUT2D eigenvalue weighted by Gasteiger charge is 2.38. The van der Waals surface area contributed by atoms with Gasteiger partial charge in [0.15, 0.2) is 0 Å². The summed E-state index contributed by atoms with van der Waals surface area (Å²) in [7, 11) is 2.28. The third-order valence-electron chi connectivity index (χ3n) is 4.59. The van der Waals surface area contributed by atoms with Gasteiger partial charge in [0, 0.05) is 18.6 Å². The average molecular weight is 330 g/mol. The van der Waals surface area contributed by atoms with E-state index in [1.54, 1.807) is 0 Å². The SMILES string of the molecule is C=CC[N+]1(C)C(C)=C(C)c2c1ccc1ccccc21.[Br-]. The molecule has 1 nitrogen and oxygen atoms in total. The van der Waals surface area contributed by atoms with Gasteiger partial charge in [0.25, 0.3) is 0 Å². The van der Waals surface area contributed by atoms with Crippen molar-refractivity contribution >= 4 is 22.0 Å². The van der Waals surface area contributed by atoms with E-state index in [4.69, 9.17) is 0 Å². The molecule has 3 rings (SSSR count). The lowest BCUT2D eigenvalue weighted by Crippen LogP contribution is -3.00. The molecular formula is C18H20BrN. The van der Waals surface area contributed by atoms with Gasteiger partial charge in [-0.3, -0.25) is 4.48 Å². The molecule has 1 aliphatic heterocycles. The molecule has 1 aliphatic rings. The molecule has 104 valence electrons. The summed E-state index contributed by atoms with van der Waals surface area (Å²) >= 11 is 0. The molecule has 2 heteroatoms. The molecule has 1 unspecified atom stereocenters. The van der Waals surface area contributed by atoms with Crippen LogP contribution in [0.3, 0.4) is 0 Å². The van der Waals surface area contributed by atoms with E-state index in [9.17, 15) is 0 Å². The first kappa shape index (κ1) is 15.0. The highest BCUT2D eigenvalue weighted by Crippen LogP contribution is 2.46. The van der Waals surface area contributed by atoms with Gasteiger partial charge >= 0.3 is 0 Å². The number of fused-ring (bicyclic) bond motifs is 3. The van der Waals surface area contributed by atoms with Gasteiger partial charge in [0.05, 0.1) is 12.6 Å². The van der Waals surface area contributed by atoms with E-state index in [0.29, 0.717) is 0 Å². The summed E-state index contributed by atoms with van der Waals surface area (Å²) in [5, 5.41) is 2.68. The Morgan fingerprint density at radius 1 is 1.10 bits per heavy atom. The van der Waals surface area contributed by atoms with Gasteiger partial charge in [-0.1, -0.05) is 30.8 Å². The fraction of sp³-hybridized carbons (Fsp3) is 0.222. The number of benzene rings is 2. The number of nitrogens with zero attached hydrogens (tertiary/aromatic N) is 1. The van der Waals surface area contributed by atoms with Crippen LogP contribution in [-0.2, 0) is 0 Å². The minimum absolute atomic E-state index is 0. The van der Waals surface area contributed by atoms with Crippen LogP contribution in [0.2, 0.25) is 0 Å². The van der Waals surface area contributed by atoms with Crippen LogP contribution in [0.15, 0.2) is 54.8 Å². The fourth-order valence-corrected chi connectivity index (χ4v) is 3.29. The van der Waals surface area contributed by atoms with Crippen LogP contribution in [0.1, 0.15) is 19.4 Å². The smallest absolute Gasteiger partial charge is 0.146 e. The van der Waals surface area contributed by atoms with Crippen molar-refractivity contribution in [3.63, 3.8) is 0 Å². The molecule has 1 atom stereocenters. The van der Waals surface area contributed by atoms with Crippen LogP contribution in [0.5, 0.6) is 0 Å². The van der Waals surface area contributed by atoms with Gasteiger partial charge in [0.2, 0.25) is 0 Å². The summed E-state index contributed by atoms with van der Waals surface area (Å²) in [6.45, 7) is 9.35. The molecular weight excluding hydrogens is 310 g/mol. The van der Waals surface area contributed by atoms with E-state index in [0.717, 1.165) is 11.0 Å². The standard InChI is InChI=1S/C18H20N.BrH/c1-5-12-19(4)14(3)13(2)18-16-9-7-6-8-15(16)10-11-17(18)19;/h5-11H,1,12H2,2-4H3;1H/q+1;/p-1. The fourth-order valence-electron chi connectivity index (χ4n) is 3.29. The Bertz CT molecular complexity index is 714. The predicted molar refractivity (Wildman–Crippen MR) is 85.0 cm³/mol. The van der Waals surface area contributed by atoms with Gasteiger partial charge in [-0.2, -0.15) is 0 Å². The van der Waals surface area contributed by atoms with Gasteiger partial charge in [-0.05, 0) is 29.8 Å². The van der Waals surface area contributed by atoms with Crippen LogP contribution in [0, 0.1) is 0 Å². The van der Waals surface area contributed by atoms with E-state index < -0.39 is 0 Å². The lowest BCUT2D eigenvalue weighted by atomic mass is 9.99. The summed E-state index contributed by atoms with van der Waals surface area (Å²) in [6.07, 6.45) is 2.01. The van der Waals surface area contributed by atoms with Crippen LogP contribution in [0.25, 0.3) is 16.3 Å². The van der Waals surface area contributed by atoms with Crippen molar-refractivity contribution in [1.82, 2.24) is 4.48 Å². The lowest BCUT2D eigenvalue weighted by Gasteiger charge is -2.30. The Morgan fingerprint density at radius 3 is 2.50 bits per heavy atom. The maximum Gasteiger partial charge on any atom is 0.146 e. The van der Waals surface area contributed by atoms with E-state index in [1.807, 2.05) is 6.08 Å². The number of hydrogen-bond donors (Lipinski definition) is 0. The number of rotatable bonds is 2. The number of halogens is 1. The van der Waals surface area contributed by atoms with Crippen molar-refractivity contribution in [2.45, 2.75) is 13.8 Å². The van der Waals surface area contributed by atoms with Crippen LogP contribution < -0.4 is 21.5 Å². The Hall–Kier alpha value is -1.38. The molecule has 2 aromatic carbocycles. The number of quaternary nitrogens is 1. The van der Waals surface area contributed by atoms with Crippen molar-refractivity contribution in [3.8, 4) is 0 Å². The van der Waals surface area contributed by atoms with E-state index in [2.05, 4.69) is 63.9 Å². The molecule has 0 N–H and O–H groups in total. The molecule has 1 heterocycles. The zero-order valence-electron chi connectivity index (χ0n) is 12.3. The molecule has 0 amide bonds. The van der Waals surface area contributed by atoms with Crippen LogP contribution in [0.4, 0.5) is 5.69 Å². The summed E-state index contributed by atoms with van der Waals surface area (Å²) in [6, 6.07) is 13.2. The summed E-state index contributed by atoms with van der Waals surface area (Å²) in [5.41, 5.74) is 5.65. The Balaban J connectivity index is 0.00000147. The van der Waals surface area contributed by atoms with Crippen molar-refractivity contribution in [1.29, 1.82) is 0 Å². The maximum absolute atomic E-state index is 3.93. The average Bonchev–Trinajstić information content (AvgIpc) is 2.62. The first-order chi connectivity index (χ1) is 9.09. The van der Waals surface area contributed by atoms with E-state index in [1.165, 1.54) is 33.3 Å². The molecule has 0 fully saturated rings. The molecule has 0 aromatic heterocycles. The largest absolute Gasteiger partial charge is 1.00 e. The summed E-state index contributed by atoms with van der Waals surface area (Å²) < 4.78 is 0.857.